The number of anilines is 1. The summed E-state index contributed by atoms with van der Waals surface area (Å²) in [6.07, 6.45) is 0. The molecule has 25 heavy (non-hydrogen) atoms. The molecule has 0 unspecified atom stereocenters. The van der Waals surface area contributed by atoms with E-state index in [2.05, 4.69) is 30.9 Å². The summed E-state index contributed by atoms with van der Waals surface area (Å²) in [5.41, 5.74) is 3.58. The molecule has 0 bridgehead atoms. The third-order valence-electron chi connectivity index (χ3n) is 4.57. The van der Waals surface area contributed by atoms with Gasteiger partial charge in [0, 0.05) is 37.2 Å². The number of carboxylic acid groups (broad SMARTS) is 1. The molecule has 0 atom stereocenters. The first-order valence-corrected chi connectivity index (χ1v) is 10.3. The molecule has 0 aliphatic carbocycles. The number of rotatable bonds is 4. The zero-order chi connectivity index (χ0) is 18.2. The van der Waals surface area contributed by atoms with E-state index in [4.69, 9.17) is 5.11 Å². The third-order valence-corrected chi connectivity index (χ3v) is 7.89. The number of benzene rings is 1. The predicted octanol–water partition coefficient (Wildman–Crippen LogP) is 2.57. The zero-order valence-corrected chi connectivity index (χ0v) is 15.7. The van der Waals surface area contributed by atoms with Crippen molar-refractivity contribution in [1.29, 1.82) is 0 Å². The van der Waals surface area contributed by atoms with Gasteiger partial charge in [-0.05, 0) is 37.1 Å². The Balaban J connectivity index is 1.75. The lowest BCUT2D eigenvalue weighted by Crippen LogP contribution is -2.48. The maximum atomic E-state index is 12.7. The van der Waals surface area contributed by atoms with Crippen molar-refractivity contribution in [2.45, 2.75) is 18.1 Å². The van der Waals surface area contributed by atoms with Crippen LogP contribution in [0.5, 0.6) is 0 Å². The summed E-state index contributed by atoms with van der Waals surface area (Å²) in [5, 5.41) is 10.3. The van der Waals surface area contributed by atoms with Crippen LogP contribution in [0, 0.1) is 13.8 Å². The minimum Gasteiger partial charge on any atom is -0.478 e. The van der Waals surface area contributed by atoms with E-state index in [1.165, 1.54) is 26.9 Å². The molecule has 2 heterocycles. The van der Waals surface area contributed by atoms with Crippen LogP contribution in [0.25, 0.3) is 0 Å². The highest BCUT2D eigenvalue weighted by Crippen LogP contribution is 2.28. The quantitative estimate of drug-likeness (QED) is 0.882. The number of aromatic carboxylic acids is 1. The molecule has 6 nitrogen and oxygen atoms in total. The topological polar surface area (TPSA) is 77.9 Å². The molecule has 0 saturated carbocycles. The molecule has 134 valence electrons. The number of hydrogen-bond donors (Lipinski definition) is 1. The average molecular weight is 380 g/mol. The standard InChI is InChI=1S/C17H20N2O4S2/c1-12-4-3-5-15(13(12)2)18-6-8-19(9-7-18)25(22,23)16-10-14(11-24-16)17(20)21/h3-5,10-11H,6-9H2,1-2H3,(H,20,21). The highest BCUT2D eigenvalue weighted by Gasteiger charge is 2.30. The van der Waals surface area contributed by atoms with Crippen LogP contribution in [-0.2, 0) is 10.0 Å². The summed E-state index contributed by atoms with van der Waals surface area (Å²) in [5.74, 6) is -1.11. The van der Waals surface area contributed by atoms with Crippen molar-refractivity contribution in [2.24, 2.45) is 0 Å². The average Bonchev–Trinajstić information content (AvgIpc) is 3.09. The fourth-order valence-electron chi connectivity index (χ4n) is 2.94. The molecule has 1 aliphatic rings. The van der Waals surface area contributed by atoms with E-state index in [9.17, 15) is 13.2 Å². The van der Waals surface area contributed by atoms with E-state index in [0.29, 0.717) is 26.2 Å². The minimum absolute atomic E-state index is 0.0117. The highest BCUT2D eigenvalue weighted by atomic mass is 32.2. The molecule has 2 aromatic rings. The van der Waals surface area contributed by atoms with Crippen LogP contribution in [0.3, 0.4) is 0 Å². The van der Waals surface area contributed by atoms with Crippen LogP contribution in [-0.4, -0.2) is 50.0 Å². The van der Waals surface area contributed by atoms with Gasteiger partial charge in [0.15, 0.2) is 0 Å². The Bertz CT molecular complexity index is 897. The maximum absolute atomic E-state index is 12.7. The number of thiophene rings is 1. The molecule has 0 amide bonds. The number of carboxylic acids is 1. The number of sulfonamides is 1. The molecule has 1 saturated heterocycles. The number of hydrogen-bond acceptors (Lipinski definition) is 5. The molecule has 8 heteroatoms. The molecule has 1 aromatic carbocycles. The van der Waals surface area contributed by atoms with Crippen molar-refractivity contribution in [3.63, 3.8) is 0 Å². The number of aryl methyl sites for hydroxylation is 1. The van der Waals surface area contributed by atoms with Crippen molar-refractivity contribution in [1.82, 2.24) is 4.31 Å². The highest BCUT2D eigenvalue weighted by molar-refractivity contribution is 7.91. The Morgan fingerprint density at radius 1 is 1.16 bits per heavy atom. The van der Waals surface area contributed by atoms with Gasteiger partial charge in [-0.1, -0.05) is 12.1 Å². The summed E-state index contributed by atoms with van der Waals surface area (Å²) in [4.78, 5) is 13.2. The number of piperazine rings is 1. The van der Waals surface area contributed by atoms with Crippen LogP contribution in [0.2, 0.25) is 0 Å². The van der Waals surface area contributed by atoms with Crippen molar-refractivity contribution >= 4 is 33.0 Å². The van der Waals surface area contributed by atoms with Gasteiger partial charge in [0.25, 0.3) is 10.0 Å². The monoisotopic (exact) mass is 380 g/mol. The molecule has 1 fully saturated rings. The van der Waals surface area contributed by atoms with Crippen molar-refractivity contribution in [3.8, 4) is 0 Å². The molecule has 3 rings (SSSR count). The lowest BCUT2D eigenvalue weighted by molar-refractivity contribution is 0.0697. The van der Waals surface area contributed by atoms with E-state index in [-0.39, 0.29) is 9.77 Å². The van der Waals surface area contributed by atoms with E-state index in [1.807, 2.05) is 6.07 Å². The predicted molar refractivity (Wildman–Crippen MR) is 98.2 cm³/mol. The van der Waals surface area contributed by atoms with Gasteiger partial charge in [0.1, 0.15) is 4.21 Å². The van der Waals surface area contributed by atoms with Crippen LogP contribution in [0.15, 0.2) is 33.9 Å². The maximum Gasteiger partial charge on any atom is 0.336 e. The van der Waals surface area contributed by atoms with Crippen LogP contribution >= 0.6 is 11.3 Å². The largest absolute Gasteiger partial charge is 0.478 e. The summed E-state index contributed by atoms with van der Waals surface area (Å²) < 4.78 is 26.9. The first-order valence-electron chi connectivity index (χ1n) is 7.94. The summed E-state index contributed by atoms with van der Waals surface area (Å²) in [7, 11) is -3.64. The molecule has 1 aliphatic heterocycles. The van der Waals surface area contributed by atoms with Gasteiger partial charge in [-0.15, -0.1) is 11.3 Å². The minimum atomic E-state index is -3.64. The fraction of sp³-hybridized carbons (Fsp3) is 0.353. The normalized spacial score (nSPS) is 16.2. The summed E-state index contributed by atoms with van der Waals surface area (Å²) in [6.45, 7) is 6.14. The van der Waals surface area contributed by atoms with Crippen molar-refractivity contribution in [2.75, 3.05) is 31.1 Å². The molecule has 0 radical (unpaired) electrons. The number of nitrogens with zero attached hydrogens (tertiary/aromatic N) is 2. The van der Waals surface area contributed by atoms with Gasteiger partial charge in [0.05, 0.1) is 5.56 Å². The lowest BCUT2D eigenvalue weighted by Gasteiger charge is -2.36. The Labute approximate surface area is 151 Å². The van der Waals surface area contributed by atoms with Crippen molar-refractivity contribution in [3.05, 3.63) is 46.3 Å². The lowest BCUT2D eigenvalue weighted by atomic mass is 10.1. The third kappa shape index (κ3) is 3.42. The molecule has 0 spiro atoms. The van der Waals surface area contributed by atoms with Gasteiger partial charge in [0.2, 0.25) is 0 Å². The smallest absolute Gasteiger partial charge is 0.336 e. The summed E-state index contributed by atoms with van der Waals surface area (Å²) >= 11 is 0.956. The molecular formula is C17H20N2O4S2. The molecular weight excluding hydrogens is 360 g/mol. The fourth-order valence-corrected chi connectivity index (χ4v) is 5.67. The molecule has 1 N–H and O–H groups in total. The molecule has 1 aromatic heterocycles. The second-order valence-electron chi connectivity index (χ2n) is 6.07. The first-order chi connectivity index (χ1) is 11.8. The van der Waals surface area contributed by atoms with E-state index < -0.39 is 16.0 Å². The van der Waals surface area contributed by atoms with Gasteiger partial charge < -0.3 is 10.0 Å². The van der Waals surface area contributed by atoms with Gasteiger partial charge in [-0.2, -0.15) is 4.31 Å². The second-order valence-corrected chi connectivity index (χ2v) is 9.15. The van der Waals surface area contributed by atoms with E-state index >= 15 is 0 Å². The van der Waals surface area contributed by atoms with Crippen LogP contribution in [0.4, 0.5) is 5.69 Å². The van der Waals surface area contributed by atoms with Gasteiger partial charge in [-0.25, -0.2) is 13.2 Å². The second kappa shape index (κ2) is 6.78. The summed E-state index contributed by atoms with van der Waals surface area (Å²) in [6, 6.07) is 7.38. The Hall–Kier alpha value is -1.90. The van der Waals surface area contributed by atoms with E-state index in [1.54, 1.807) is 0 Å². The first kappa shape index (κ1) is 17.9. The Kier molecular flexibility index (Phi) is 4.86. The zero-order valence-electron chi connectivity index (χ0n) is 14.1. The van der Waals surface area contributed by atoms with Crippen LogP contribution < -0.4 is 4.90 Å². The Morgan fingerprint density at radius 2 is 1.84 bits per heavy atom. The van der Waals surface area contributed by atoms with Crippen molar-refractivity contribution < 1.29 is 18.3 Å². The van der Waals surface area contributed by atoms with Gasteiger partial charge in [-0.3, -0.25) is 0 Å². The number of carbonyl (C=O) groups is 1. The van der Waals surface area contributed by atoms with Gasteiger partial charge >= 0.3 is 5.97 Å². The SMILES string of the molecule is Cc1cccc(N2CCN(S(=O)(=O)c3cc(C(=O)O)cs3)CC2)c1C. The Morgan fingerprint density at radius 3 is 2.44 bits per heavy atom. The van der Waals surface area contributed by atoms with Crippen LogP contribution in [0.1, 0.15) is 21.5 Å². The van der Waals surface area contributed by atoms with E-state index in [0.717, 1.165) is 17.0 Å².